The monoisotopic (exact) mass is 421 g/mol. The van der Waals surface area contributed by atoms with Crippen LogP contribution in [0.1, 0.15) is 24.5 Å². The fraction of sp³-hybridized carbons (Fsp3) is 0.632. The molecule has 1 aromatic carbocycles. The van der Waals surface area contributed by atoms with Crippen molar-refractivity contribution in [2.45, 2.75) is 50.6 Å². The fourth-order valence-corrected chi connectivity index (χ4v) is 4.31. The van der Waals surface area contributed by atoms with Crippen LogP contribution in [0.15, 0.2) is 18.2 Å². The molecule has 0 bridgehead atoms. The Bertz CT molecular complexity index is 671. The number of benzene rings is 1. The summed E-state index contributed by atoms with van der Waals surface area (Å²) in [5, 5.41) is 17.2. The minimum Gasteiger partial charge on any atom is -0.508 e. The van der Waals surface area contributed by atoms with E-state index in [1.807, 2.05) is 17.8 Å². The van der Waals surface area contributed by atoms with Crippen LogP contribution in [0.4, 0.5) is 13.2 Å². The van der Waals surface area contributed by atoms with Crippen molar-refractivity contribution in [1.29, 1.82) is 0 Å². The van der Waals surface area contributed by atoms with Crippen LogP contribution >= 0.6 is 11.8 Å². The molecule has 0 aromatic heterocycles. The summed E-state index contributed by atoms with van der Waals surface area (Å²) in [6, 6.07) is 6.38. The number of halogens is 3. The Labute approximate surface area is 166 Å². The molecule has 1 aromatic rings. The van der Waals surface area contributed by atoms with Crippen molar-refractivity contribution in [3.63, 3.8) is 0 Å². The van der Waals surface area contributed by atoms with E-state index in [-0.39, 0.29) is 6.10 Å². The zero-order valence-corrected chi connectivity index (χ0v) is 16.7. The quantitative estimate of drug-likeness (QED) is 0.777. The number of ether oxygens (including phenoxy) is 1. The lowest BCUT2D eigenvalue weighted by Gasteiger charge is -2.47. The van der Waals surface area contributed by atoms with Gasteiger partial charge in [-0.3, -0.25) is 4.90 Å². The normalized spacial score (nSPS) is 24.5. The summed E-state index contributed by atoms with van der Waals surface area (Å²) >= 11 is 1.86. The minimum atomic E-state index is -5.08. The third-order valence-corrected chi connectivity index (χ3v) is 5.60. The third kappa shape index (κ3) is 5.78. The van der Waals surface area contributed by atoms with Gasteiger partial charge in [0.15, 0.2) is 0 Å². The molecule has 0 spiro atoms. The van der Waals surface area contributed by atoms with E-state index in [0.29, 0.717) is 17.9 Å². The van der Waals surface area contributed by atoms with Crippen LogP contribution in [0.3, 0.4) is 0 Å². The number of phenols is 1. The van der Waals surface area contributed by atoms with E-state index in [1.165, 1.54) is 12.0 Å². The molecule has 0 saturated carbocycles. The molecule has 0 amide bonds. The fourth-order valence-electron chi connectivity index (χ4n) is 3.75. The molecule has 1 saturated heterocycles. The summed E-state index contributed by atoms with van der Waals surface area (Å²) in [4.78, 5) is 11.5. The number of aliphatic carboxylic acids is 1. The van der Waals surface area contributed by atoms with Crippen LogP contribution in [0.2, 0.25) is 0 Å². The largest absolute Gasteiger partial charge is 0.508 e. The number of morpholine rings is 1. The first-order chi connectivity index (χ1) is 13.2. The van der Waals surface area contributed by atoms with E-state index in [1.54, 1.807) is 6.07 Å². The number of alkyl halides is 3. The Hall–Kier alpha value is -1.45. The molecule has 1 aliphatic heterocycles. The number of thioether (sulfide) groups is 1. The maximum Gasteiger partial charge on any atom is 0.490 e. The molecule has 3 atom stereocenters. The predicted molar refractivity (Wildman–Crippen MR) is 102 cm³/mol. The summed E-state index contributed by atoms with van der Waals surface area (Å²) in [5.74, 6) is -1.27. The van der Waals surface area contributed by atoms with Gasteiger partial charge in [-0.25, -0.2) is 4.79 Å². The highest BCUT2D eigenvalue weighted by Crippen LogP contribution is 2.35. The standard InChI is InChI=1S/C17H25NO2S.C2HF3O2/c1-3-7-18-10-13(11-21-2)20-17-9-14-12(8-15(17)18)5-4-6-16(14)19;3-2(4,5)1(6)7/h4-6,13,15,17,19H,3,7-11H2,1-2H3;(H,6,7)/t13-,15-,17-;/m1./s1. The van der Waals surface area contributed by atoms with Crippen molar-refractivity contribution in [1.82, 2.24) is 4.90 Å². The molecule has 1 heterocycles. The van der Waals surface area contributed by atoms with Gasteiger partial charge in [0.25, 0.3) is 0 Å². The molecule has 2 aliphatic rings. The van der Waals surface area contributed by atoms with E-state index in [4.69, 9.17) is 14.6 Å². The molecule has 1 aliphatic carbocycles. The van der Waals surface area contributed by atoms with E-state index in [2.05, 4.69) is 24.1 Å². The molecule has 0 radical (unpaired) electrons. The number of carbonyl (C=O) groups is 1. The molecule has 1 fully saturated rings. The average Bonchev–Trinajstić information content (AvgIpc) is 2.61. The van der Waals surface area contributed by atoms with Crippen molar-refractivity contribution < 1.29 is 32.9 Å². The summed E-state index contributed by atoms with van der Waals surface area (Å²) in [6.45, 7) is 4.43. The van der Waals surface area contributed by atoms with Crippen LogP contribution in [0, 0.1) is 0 Å². The molecular weight excluding hydrogens is 395 g/mol. The number of carboxylic acids is 1. The summed E-state index contributed by atoms with van der Waals surface area (Å²) in [6.07, 6.45) is 0.630. The topological polar surface area (TPSA) is 70.0 Å². The Balaban J connectivity index is 0.000000345. The molecule has 9 heteroatoms. The van der Waals surface area contributed by atoms with Crippen LogP contribution in [-0.2, 0) is 22.4 Å². The number of carboxylic acid groups (broad SMARTS) is 1. The van der Waals surface area contributed by atoms with Crippen LogP contribution in [0.5, 0.6) is 5.75 Å². The van der Waals surface area contributed by atoms with Gasteiger partial charge in [-0.15, -0.1) is 0 Å². The number of rotatable bonds is 4. The molecule has 5 nitrogen and oxygen atoms in total. The minimum absolute atomic E-state index is 0.225. The molecule has 0 unspecified atom stereocenters. The van der Waals surface area contributed by atoms with Gasteiger partial charge >= 0.3 is 12.1 Å². The molecule has 3 rings (SSSR count). The van der Waals surface area contributed by atoms with Gasteiger partial charge in [0, 0.05) is 24.8 Å². The van der Waals surface area contributed by atoms with Gasteiger partial charge in [0.1, 0.15) is 5.75 Å². The second kappa shape index (κ2) is 9.84. The van der Waals surface area contributed by atoms with Gasteiger partial charge in [0.05, 0.1) is 12.2 Å². The van der Waals surface area contributed by atoms with Crippen LogP contribution in [-0.4, -0.2) is 70.6 Å². The average molecular weight is 421 g/mol. The highest BCUT2D eigenvalue weighted by Gasteiger charge is 2.40. The molecular formula is C19H26F3NO4S. The number of hydrogen-bond donors (Lipinski definition) is 2. The predicted octanol–water partition coefficient (Wildman–Crippen LogP) is 3.34. The Kier molecular flexibility index (Phi) is 8.03. The first-order valence-corrected chi connectivity index (χ1v) is 10.5. The summed E-state index contributed by atoms with van der Waals surface area (Å²) in [5.41, 5.74) is 2.39. The number of nitrogens with zero attached hydrogens (tertiary/aromatic N) is 1. The highest BCUT2D eigenvalue weighted by atomic mass is 32.2. The van der Waals surface area contributed by atoms with Gasteiger partial charge in [-0.2, -0.15) is 24.9 Å². The first-order valence-electron chi connectivity index (χ1n) is 9.15. The number of aromatic hydroxyl groups is 1. The van der Waals surface area contributed by atoms with Gasteiger partial charge < -0.3 is 14.9 Å². The van der Waals surface area contributed by atoms with E-state index < -0.39 is 12.1 Å². The molecule has 2 N–H and O–H groups in total. The lowest BCUT2D eigenvalue weighted by molar-refractivity contribution is -0.192. The van der Waals surface area contributed by atoms with Crippen molar-refractivity contribution >= 4 is 17.7 Å². The molecule has 28 heavy (non-hydrogen) atoms. The lowest BCUT2D eigenvalue weighted by atomic mass is 9.83. The lowest BCUT2D eigenvalue weighted by Crippen LogP contribution is -2.58. The zero-order chi connectivity index (χ0) is 20.9. The van der Waals surface area contributed by atoms with Gasteiger partial charge in [0.2, 0.25) is 0 Å². The summed E-state index contributed by atoms with van der Waals surface area (Å²) in [7, 11) is 0. The smallest absolute Gasteiger partial charge is 0.490 e. The zero-order valence-electron chi connectivity index (χ0n) is 15.9. The first kappa shape index (κ1) is 22.8. The van der Waals surface area contributed by atoms with E-state index in [0.717, 1.165) is 37.2 Å². The van der Waals surface area contributed by atoms with E-state index >= 15 is 0 Å². The van der Waals surface area contributed by atoms with Crippen molar-refractivity contribution in [3.05, 3.63) is 29.3 Å². The van der Waals surface area contributed by atoms with Gasteiger partial charge in [-0.1, -0.05) is 19.1 Å². The number of phenolic OH excluding ortho intramolecular Hbond substituents is 1. The Morgan fingerprint density at radius 3 is 2.61 bits per heavy atom. The van der Waals surface area contributed by atoms with Crippen LogP contribution in [0.25, 0.3) is 0 Å². The SMILES string of the molecule is CCCN1C[C@H](CSC)O[C@@H]2Cc3c(O)cccc3C[C@H]21.O=C(O)C(F)(F)F. The van der Waals surface area contributed by atoms with Crippen LogP contribution < -0.4 is 0 Å². The maximum absolute atomic E-state index is 10.6. The van der Waals surface area contributed by atoms with Gasteiger partial charge in [-0.05, 0) is 42.8 Å². The van der Waals surface area contributed by atoms with Crippen molar-refractivity contribution in [2.75, 3.05) is 25.1 Å². The highest BCUT2D eigenvalue weighted by molar-refractivity contribution is 7.98. The second-order valence-electron chi connectivity index (χ2n) is 6.94. The Morgan fingerprint density at radius 2 is 2.04 bits per heavy atom. The van der Waals surface area contributed by atoms with Crippen molar-refractivity contribution in [2.24, 2.45) is 0 Å². The summed E-state index contributed by atoms with van der Waals surface area (Å²) < 4.78 is 38.1. The maximum atomic E-state index is 10.6. The third-order valence-electron chi connectivity index (χ3n) is 4.89. The Morgan fingerprint density at radius 1 is 1.36 bits per heavy atom. The molecule has 158 valence electrons. The van der Waals surface area contributed by atoms with Crippen molar-refractivity contribution in [3.8, 4) is 5.75 Å². The van der Waals surface area contributed by atoms with E-state index in [9.17, 15) is 18.3 Å². The second-order valence-corrected chi connectivity index (χ2v) is 7.85. The number of fused-ring (bicyclic) bond motifs is 2. The number of hydrogen-bond acceptors (Lipinski definition) is 5.